The van der Waals surface area contributed by atoms with Crippen LogP contribution in [0.25, 0.3) is 0 Å². The summed E-state index contributed by atoms with van der Waals surface area (Å²) >= 11 is 11.9. The number of benzene rings is 1. The number of hydrogen-bond acceptors (Lipinski definition) is 4. The Kier molecular flexibility index (Phi) is 5.69. The lowest BCUT2D eigenvalue weighted by Crippen LogP contribution is -2.43. The van der Waals surface area contributed by atoms with E-state index in [0.717, 1.165) is 4.90 Å². The smallest absolute Gasteiger partial charge is 0.334 e. The maximum absolute atomic E-state index is 12.2. The van der Waals surface area contributed by atoms with E-state index in [0.29, 0.717) is 20.5 Å². The van der Waals surface area contributed by atoms with Gasteiger partial charge in [-0.15, -0.1) is 0 Å². The molecule has 1 atom stereocenters. The lowest BCUT2D eigenvalue weighted by molar-refractivity contribution is -0.144. The molecule has 5 amide bonds. The largest absolute Gasteiger partial charge is 0.348 e. The van der Waals surface area contributed by atoms with E-state index in [-0.39, 0.29) is 0 Å². The zero-order chi connectivity index (χ0) is 18.9. The molecule has 0 aromatic heterocycles. The average Bonchev–Trinajstić information content (AvgIpc) is 2.70. The highest BCUT2D eigenvalue weighted by Gasteiger charge is 2.46. The Morgan fingerprint density at radius 1 is 1.12 bits per heavy atom. The van der Waals surface area contributed by atoms with Gasteiger partial charge in [0.15, 0.2) is 0 Å². The monoisotopic (exact) mass is 385 g/mol. The fourth-order valence-electron chi connectivity index (χ4n) is 2.48. The Bertz CT molecular complexity index is 751. The van der Waals surface area contributed by atoms with Gasteiger partial charge in [-0.1, -0.05) is 29.3 Å². The summed E-state index contributed by atoms with van der Waals surface area (Å²) in [4.78, 5) is 49.5. The molecule has 1 aromatic carbocycles. The van der Waals surface area contributed by atoms with Gasteiger partial charge < -0.3 is 5.32 Å². The molecule has 2 rings (SSSR count). The first-order chi connectivity index (χ1) is 11.6. The van der Waals surface area contributed by atoms with Gasteiger partial charge in [-0.2, -0.15) is 0 Å². The third-order valence-corrected chi connectivity index (χ3v) is 4.27. The second kappa shape index (κ2) is 7.41. The van der Waals surface area contributed by atoms with Gasteiger partial charge in [-0.25, -0.2) is 9.69 Å². The molecular formula is C16H17Cl2N3O4. The Labute approximate surface area is 154 Å². The number of hydrogen-bond donors (Lipinski definition) is 1. The summed E-state index contributed by atoms with van der Waals surface area (Å²) in [5, 5.41) is 3.49. The summed E-state index contributed by atoms with van der Waals surface area (Å²) in [5.74, 6) is -2.52. The van der Waals surface area contributed by atoms with Gasteiger partial charge in [-0.3, -0.25) is 19.3 Å². The van der Waals surface area contributed by atoms with Crippen molar-refractivity contribution >= 4 is 47.0 Å². The molecule has 1 aromatic rings. The number of amides is 5. The second-order valence-electron chi connectivity index (χ2n) is 5.90. The standard InChI is InChI=1S/C16H17Cl2N3O4/c1-8(2)21-15(24)14(23)20(16(21)25)7-13(22)19-9(3)11-5-4-10(17)6-12(11)18/h4-6,8-9H,7H2,1-3H3,(H,19,22)/t9-/m1/s1. The van der Waals surface area contributed by atoms with Crippen molar-refractivity contribution in [1.29, 1.82) is 0 Å². The minimum absolute atomic E-state index is 0.384. The molecule has 0 bridgehead atoms. The minimum Gasteiger partial charge on any atom is -0.348 e. The molecule has 1 heterocycles. The highest BCUT2D eigenvalue weighted by Crippen LogP contribution is 2.26. The van der Waals surface area contributed by atoms with Gasteiger partial charge in [0.25, 0.3) is 0 Å². The van der Waals surface area contributed by atoms with Crippen LogP contribution in [-0.2, 0) is 14.4 Å². The van der Waals surface area contributed by atoms with E-state index in [1.165, 1.54) is 0 Å². The molecule has 9 heteroatoms. The molecule has 1 aliphatic rings. The third-order valence-electron chi connectivity index (χ3n) is 3.71. The van der Waals surface area contributed by atoms with Crippen molar-refractivity contribution in [2.75, 3.05) is 6.54 Å². The number of urea groups is 1. The van der Waals surface area contributed by atoms with Gasteiger partial charge in [-0.05, 0) is 38.5 Å². The zero-order valence-corrected chi connectivity index (χ0v) is 15.4. The van der Waals surface area contributed by atoms with Crippen LogP contribution in [-0.4, -0.2) is 46.1 Å². The minimum atomic E-state index is -1.01. The van der Waals surface area contributed by atoms with E-state index in [1.807, 2.05) is 0 Å². The van der Waals surface area contributed by atoms with E-state index in [9.17, 15) is 19.2 Å². The van der Waals surface area contributed by atoms with Gasteiger partial charge in [0, 0.05) is 16.1 Å². The average molecular weight is 386 g/mol. The quantitative estimate of drug-likeness (QED) is 0.622. The van der Waals surface area contributed by atoms with Crippen LogP contribution in [0.3, 0.4) is 0 Å². The fraction of sp³-hybridized carbons (Fsp3) is 0.375. The summed E-state index contributed by atoms with van der Waals surface area (Å²) in [5.41, 5.74) is 0.637. The first-order valence-electron chi connectivity index (χ1n) is 7.56. The summed E-state index contributed by atoms with van der Waals surface area (Å²) in [7, 11) is 0. The van der Waals surface area contributed by atoms with Crippen molar-refractivity contribution in [3.8, 4) is 0 Å². The number of nitrogens with one attached hydrogen (secondary N) is 1. The van der Waals surface area contributed by atoms with Crippen LogP contribution in [0.5, 0.6) is 0 Å². The normalized spacial score (nSPS) is 16.0. The van der Waals surface area contributed by atoms with Gasteiger partial charge in [0.2, 0.25) is 5.91 Å². The highest BCUT2D eigenvalue weighted by molar-refractivity contribution is 6.45. The summed E-state index contributed by atoms with van der Waals surface area (Å²) in [6.45, 7) is 4.38. The number of nitrogens with zero attached hydrogens (tertiary/aromatic N) is 2. The molecule has 0 spiro atoms. The van der Waals surface area contributed by atoms with Crippen LogP contribution < -0.4 is 5.32 Å². The molecule has 0 radical (unpaired) electrons. The van der Waals surface area contributed by atoms with Crippen molar-refractivity contribution in [2.24, 2.45) is 0 Å². The molecule has 1 saturated heterocycles. The fourth-order valence-corrected chi connectivity index (χ4v) is 3.05. The molecule has 1 N–H and O–H groups in total. The molecule has 1 aliphatic heterocycles. The van der Waals surface area contributed by atoms with Crippen molar-refractivity contribution in [1.82, 2.24) is 15.1 Å². The number of carbonyl (C=O) groups is 4. The van der Waals surface area contributed by atoms with Crippen LogP contribution in [0.2, 0.25) is 10.0 Å². The molecule has 1 fully saturated rings. The summed E-state index contributed by atoms with van der Waals surface area (Å²) < 4.78 is 0. The van der Waals surface area contributed by atoms with Crippen LogP contribution >= 0.6 is 23.2 Å². The SMILES string of the molecule is CC(C)N1C(=O)C(=O)N(CC(=O)N[C@H](C)c2ccc(Cl)cc2Cl)C1=O. The predicted molar refractivity (Wildman–Crippen MR) is 92.1 cm³/mol. The molecule has 134 valence electrons. The predicted octanol–water partition coefficient (Wildman–Crippen LogP) is 2.37. The van der Waals surface area contributed by atoms with Crippen molar-refractivity contribution < 1.29 is 19.2 Å². The lowest BCUT2D eigenvalue weighted by atomic mass is 10.1. The zero-order valence-electron chi connectivity index (χ0n) is 13.9. The van der Waals surface area contributed by atoms with E-state index >= 15 is 0 Å². The van der Waals surface area contributed by atoms with Gasteiger partial charge in [0.1, 0.15) is 6.54 Å². The summed E-state index contributed by atoms with van der Waals surface area (Å²) in [6, 6.07) is 3.13. The number of imide groups is 2. The molecule has 7 nitrogen and oxygen atoms in total. The Hall–Kier alpha value is -2.12. The topological polar surface area (TPSA) is 86.8 Å². The first kappa shape index (κ1) is 19.2. The Morgan fingerprint density at radius 3 is 2.28 bits per heavy atom. The van der Waals surface area contributed by atoms with Gasteiger partial charge >= 0.3 is 17.8 Å². The van der Waals surface area contributed by atoms with Crippen LogP contribution in [0, 0.1) is 0 Å². The maximum atomic E-state index is 12.2. The van der Waals surface area contributed by atoms with Crippen molar-refractivity contribution in [3.05, 3.63) is 33.8 Å². The molecule has 0 unspecified atom stereocenters. The first-order valence-corrected chi connectivity index (χ1v) is 8.32. The number of rotatable bonds is 5. The molecule has 0 aliphatic carbocycles. The van der Waals surface area contributed by atoms with Crippen molar-refractivity contribution in [3.63, 3.8) is 0 Å². The molecule has 25 heavy (non-hydrogen) atoms. The van der Waals surface area contributed by atoms with E-state index in [2.05, 4.69) is 5.32 Å². The van der Waals surface area contributed by atoms with Gasteiger partial charge in [0.05, 0.1) is 6.04 Å². The van der Waals surface area contributed by atoms with Crippen LogP contribution in [0.15, 0.2) is 18.2 Å². The van der Waals surface area contributed by atoms with E-state index in [4.69, 9.17) is 23.2 Å². The third kappa shape index (κ3) is 3.93. The van der Waals surface area contributed by atoms with E-state index < -0.39 is 42.4 Å². The van der Waals surface area contributed by atoms with Crippen molar-refractivity contribution in [2.45, 2.75) is 32.9 Å². The Balaban J connectivity index is 2.06. The van der Waals surface area contributed by atoms with Crippen LogP contribution in [0.4, 0.5) is 4.79 Å². The molecular weight excluding hydrogens is 369 g/mol. The maximum Gasteiger partial charge on any atom is 0.334 e. The number of halogens is 2. The lowest BCUT2D eigenvalue weighted by Gasteiger charge is -2.20. The molecule has 0 saturated carbocycles. The summed E-state index contributed by atoms with van der Waals surface area (Å²) in [6.07, 6.45) is 0. The second-order valence-corrected chi connectivity index (χ2v) is 6.74. The highest BCUT2D eigenvalue weighted by atomic mass is 35.5. The van der Waals surface area contributed by atoms with E-state index in [1.54, 1.807) is 39.0 Å². The number of carbonyl (C=O) groups excluding carboxylic acids is 4. The Morgan fingerprint density at radius 2 is 1.76 bits per heavy atom. The van der Waals surface area contributed by atoms with Crippen LogP contribution in [0.1, 0.15) is 32.4 Å².